The summed E-state index contributed by atoms with van der Waals surface area (Å²) in [6, 6.07) is 10.2. The summed E-state index contributed by atoms with van der Waals surface area (Å²) in [6.45, 7) is 3.94. The third-order valence-electron chi connectivity index (χ3n) is 7.25. The fourth-order valence-electron chi connectivity index (χ4n) is 5.19. The van der Waals surface area contributed by atoms with E-state index < -0.39 is 5.82 Å². The normalized spacial score (nSPS) is 14.7. The van der Waals surface area contributed by atoms with Crippen molar-refractivity contribution < 1.29 is 4.39 Å². The zero-order valence-electron chi connectivity index (χ0n) is 21.0. The molecule has 1 saturated heterocycles. The minimum Gasteiger partial charge on any atom is -0.338 e. The second kappa shape index (κ2) is 9.14. The van der Waals surface area contributed by atoms with E-state index in [2.05, 4.69) is 37.1 Å². The zero-order chi connectivity index (χ0) is 26.7. The molecule has 0 saturated carbocycles. The molecule has 1 fully saturated rings. The van der Waals surface area contributed by atoms with Crippen LogP contribution in [0.3, 0.4) is 0 Å². The maximum atomic E-state index is 14.7. The van der Waals surface area contributed by atoms with Gasteiger partial charge in [0.2, 0.25) is 5.95 Å². The summed E-state index contributed by atoms with van der Waals surface area (Å²) in [4.78, 5) is 27.6. The topological polar surface area (TPSA) is 101 Å². The first-order valence-corrected chi connectivity index (χ1v) is 12.9. The molecule has 1 N–H and O–H groups in total. The summed E-state index contributed by atoms with van der Waals surface area (Å²) in [5.74, 6) is 0.104. The fourth-order valence-corrected chi connectivity index (χ4v) is 5.35. The Bertz CT molecular complexity index is 1940. The molecule has 0 amide bonds. The average Bonchev–Trinajstić information content (AvgIpc) is 3.59. The summed E-state index contributed by atoms with van der Waals surface area (Å²) in [6.07, 6.45) is 5.15. The number of fused-ring (bicyclic) bond motifs is 4. The largest absolute Gasteiger partial charge is 0.338 e. The molecule has 5 heterocycles. The molecule has 1 aliphatic heterocycles. The minimum atomic E-state index is -0.572. The number of hydrogen-bond acceptors (Lipinski definition) is 7. The van der Waals surface area contributed by atoms with Crippen molar-refractivity contribution in [2.45, 2.75) is 6.54 Å². The van der Waals surface area contributed by atoms with Crippen LogP contribution in [0.15, 0.2) is 59.8 Å². The minimum absolute atomic E-state index is 0.0702. The van der Waals surface area contributed by atoms with Gasteiger partial charge < -0.3 is 9.80 Å². The van der Waals surface area contributed by atoms with Crippen LogP contribution in [0.2, 0.25) is 5.02 Å². The monoisotopic (exact) mass is 543 g/mol. The Kier molecular flexibility index (Phi) is 5.56. The van der Waals surface area contributed by atoms with E-state index in [1.54, 1.807) is 23.3 Å². The lowest BCUT2D eigenvalue weighted by Crippen LogP contribution is -2.45. The van der Waals surface area contributed by atoms with Crippen LogP contribution in [0.1, 0.15) is 5.69 Å². The van der Waals surface area contributed by atoms with Crippen molar-refractivity contribution in [1.82, 2.24) is 39.4 Å². The van der Waals surface area contributed by atoms with E-state index in [9.17, 15) is 9.18 Å². The van der Waals surface area contributed by atoms with Crippen molar-refractivity contribution in [3.63, 3.8) is 0 Å². The van der Waals surface area contributed by atoms with Crippen molar-refractivity contribution in [3.05, 3.63) is 81.9 Å². The molecule has 6 aromatic rings. The summed E-state index contributed by atoms with van der Waals surface area (Å²) in [5, 5.41) is 13.4. The van der Waals surface area contributed by atoms with E-state index in [1.807, 2.05) is 24.3 Å². The van der Waals surface area contributed by atoms with E-state index >= 15 is 0 Å². The molecule has 0 radical (unpaired) electrons. The highest BCUT2D eigenvalue weighted by Gasteiger charge is 2.20. The highest BCUT2D eigenvalue weighted by atomic mass is 35.5. The van der Waals surface area contributed by atoms with Gasteiger partial charge in [0.05, 0.1) is 40.2 Å². The van der Waals surface area contributed by atoms with Gasteiger partial charge in [-0.3, -0.25) is 19.1 Å². The summed E-state index contributed by atoms with van der Waals surface area (Å²) in [5.41, 5.74) is 2.49. The van der Waals surface area contributed by atoms with Crippen molar-refractivity contribution in [3.8, 4) is 5.69 Å². The van der Waals surface area contributed by atoms with Crippen LogP contribution in [-0.2, 0) is 6.54 Å². The Morgan fingerprint density at radius 2 is 1.92 bits per heavy atom. The van der Waals surface area contributed by atoms with Crippen molar-refractivity contribution >= 4 is 50.3 Å². The molecule has 2 aromatic carbocycles. The molecule has 0 spiro atoms. The molecule has 10 nitrogen and oxygen atoms in total. The Hall–Kier alpha value is -4.35. The lowest BCUT2D eigenvalue weighted by molar-refractivity contribution is 0.311. The summed E-state index contributed by atoms with van der Waals surface area (Å²) >= 11 is 6.20. The van der Waals surface area contributed by atoms with Crippen molar-refractivity contribution in [2.24, 2.45) is 0 Å². The Balaban J connectivity index is 1.37. The number of aromatic nitrogens is 7. The standard InChI is InChI=1S/C27H23ClFN9O/c1-35-7-9-36(10-8-35)27-30-6-5-16(32-27)14-37-15-19-17-11-21(29)20(28)12-24(17)38(26(39)25(19)34-37)23-4-2-3-22-18(23)13-31-33-22/h2-6,11-13,15H,7-10,14H2,1H3,(H,31,33). The molecule has 7 rings (SSSR count). The molecule has 4 aromatic heterocycles. The van der Waals surface area contributed by atoms with E-state index in [0.717, 1.165) is 42.8 Å². The second-order valence-electron chi connectivity index (χ2n) is 9.76. The van der Waals surface area contributed by atoms with Crippen LogP contribution >= 0.6 is 11.6 Å². The van der Waals surface area contributed by atoms with Crippen molar-refractivity contribution in [1.29, 1.82) is 0 Å². The highest BCUT2D eigenvalue weighted by molar-refractivity contribution is 6.31. The number of H-pyrrole nitrogens is 1. The number of likely N-dealkylation sites (N-methyl/N-ethyl adjacent to an activating group) is 1. The van der Waals surface area contributed by atoms with E-state index in [-0.39, 0.29) is 16.1 Å². The summed E-state index contributed by atoms with van der Waals surface area (Å²) < 4.78 is 17.9. The van der Waals surface area contributed by atoms with E-state index in [4.69, 9.17) is 16.6 Å². The second-order valence-corrected chi connectivity index (χ2v) is 10.2. The predicted octanol–water partition coefficient (Wildman–Crippen LogP) is 3.60. The number of piperazine rings is 1. The molecule has 0 unspecified atom stereocenters. The van der Waals surface area contributed by atoms with E-state index in [0.29, 0.717) is 34.5 Å². The Morgan fingerprint density at radius 1 is 1.08 bits per heavy atom. The molecule has 0 atom stereocenters. The Morgan fingerprint density at radius 3 is 2.77 bits per heavy atom. The molecule has 196 valence electrons. The van der Waals surface area contributed by atoms with Crippen LogP contribution in [0.5, 0.6) is 0 Å². The third-order valence-corrected chi connectivity index (χ3v) is 7.54. The quantitative estimate of drug-likeness (QED) is 0.362. The highest BCUT2D eigenvalue weighted by Crippen LogP contribution is 2.31. The number of pyridine rings is 1. The lowest BCUT2D eigenvalue weighted by atomic mass is 10.1. The average molecular weight is 544 g/mol. The smallest absolute Gasteiger partial charge is 0.284 e. The summed E-state index contributed by atoms with van der Waals surface area (Å²) in [7, 11) is 2.10. The third kappa shape index (κ3) is 4.01. The van der Waals surface area contributed by atoms with Crippen LogP contribution in [0, 0.1) is 5.82 Å². The van der Waals surface area contributed by atoms with Crippen LogP contribution in [-0.4, -0.2) is 72.6 Å². The first-order valence-electron chi connectivity index (χ1n) is 12.5. The van der Waals surface area contributed by atoms with Crippen LogP contribution < -0.4 is 10.5 Å². The predicted molar refractivity (Wildman–Crippen MR) is 148 cm³/mol. The molecule has 0 bridgehead atoms. The van der Waals surface area contributed by atoms with Gasteiger partial charge in [-0.05, 0) is 37.4 Å². The fraction of sp³-hybridized carbons (Fsp3) is 0.222. The van der Waals surface area contributed by atoms with Gasteiger partial charge in [0.15, 0.2) is 5.52 Å². The first kappa shape index (κ1) is 23.7. The molecular weight excluding hydrogens is 521 g/mol. The number of benzene rings is 2. The number of nitrogens with one attached hydrogen (secondary N) is 1. The lowest BCUT2D eigenvalue weighted by Gasteiger charge is -2.32. The molecular formula is C27H23ClFN9O. The van der Waals surface area contributed by atoms with Gasteiger partial charge in [0, 0.05) is 54.7 Å². The number of halogens is 2. The number of hydrogen-bond donors (Lipinski definition) is 1. The van der Waals surface area contributed by atoms with Gasteiger partial charge in [-0.15, -0.1) is 0 Å². The van der Waals surface area contributed by atoms with E-state index in [1.165, 1.54) is 16.7 Å². The van der Waals surface area contributed by atoms with Crippen LogP contribution in [0.25, 0.3) is 38.4 Å². The maximum absolute atomic E-state index is 14.7. The number of nitrogens with zero attached hydrogens (tertiary/aromatic N) is 8. The van der Waals surface area contributed by atoms with Gasteiger partial charge in [-0.25, -0.2) is 14.4 Å². The maximum Gasteiger partial charge on any atom is 0.284 e. The molecule has 0 aliphatic carbocycles. The SMILES string of the molecule is CN1CCN(c2nccc(Cn3cc4c(n3)c(=O)n(-c3cccc5[nH]ncc35)c3cc(Cl)c(F)cc43)n2)CC1. The van der Waals surface area contributed by atoms with Gasteiger partial charge in [0.1, 0.15) is 5.82 Å². The zero-order valence-corrected chi connectivity index (χ0v) is 21.7. The number of aromatic amines is 1. The molecule has 1 aliphatic rings. The molecule has 12 heteroatoms. The first-order chi connectivity index (χ1) is 19.0. The Labute approximate surface area is 226 Å². The van der Waals surface area contributed by atoms with Gasteiger partial charge in [-0.1, -0.05) is 17.7 Å². The molecule has 39 heavy (non-hydrogen) atoms. The number of anilines is 1. The van der Waals surface area contributed by atoms with Gasteiger partial charge in [0.25, 0.3) is 5.56 Å². The van der Waals surface area contributed by atoms with Crippen molar-refractivity contribution in [2.75, 3.05) is 38.1 Å². The number of rotatable bonds is 4. The van der Waals surface area contributed by atoms with Crippen LogP contribution in [0.4, 0.5) is 10.3 Å². The van der Waals surface area contributed by atoms with Gasteiger partial charge in [-0.2, -0.15) is 10.2 Å². The van der Waals surface area contributed by atoms with Gasteiger partial charge >= 0.3 is 0 Å².